The Kier molecular flexibility index (Phi) is 33.8. The van der Waals surface area contributed by atoms with E-state index in [2.05, 4.69) is 25.7 Å². The van der Waals surface area contributed by atoms with Gasteiger partial charge in [-0.15, -0.1) is 0 Å². The third-order valence-corrected chi connectivity index (χ3v) is 8.71. The molecule has 0 aliphatic rings. The topological polar surface area (TPSA) is 81.9 Å². The maximum atomic E-state index is 12.8. The average molecular weight is 625 g/mol. The Hall–Kier alpha value is -1.14. The van der Waals surface area contributed by atoms with E-state index >= 15 is 0 Å². The summed E-state index contributed by atoms with van der Waals surface area (Å²) in [7, 11) is 0. The normalized spacial score (nSPS) is 11.5. The number of rotatable bonds is 35. The summed E-state index contributed by atoms with van der Waals surface area (Å²) in [6, 6.07) is 0. The number of nitrogens with zero attached hydrogens (tertiary/aromatic N) is 1. The molecule has 0 unspecified atom stereocenters. The van der Waals surface area contributed by atoms with Gasteiger partial charge in [0, 0.05) is 12.8 Å². The molecular weight excluding hydrogens is 548 g/mol. The van der Waals surface area contributed by atoms with Gasteiger partial charge in [0.2, 0.25) is 0 Å². The van der Waals surface area contributed by atoms with Gasteiger partial charge < -0.3 is 20.1 Å². The lowest BCUT2D eigenvalue weighted by molar-refractivity contribution is -0.150. The van der Waals surface area contributed by atoms with Gasteiger partial charge in [-0.1, -0.05) is 124 Å². The Balaban J connectivity index is 4.24. The lowest BCUT2D eigenvalue weighted by atomic mass is 10.0. The van der Waals surface area contributed by atoms with Gasteiger partial charge in [-0.25, -0.2) is 0 Å². The molecule has 0 heterocycles. The molecule has 262 valence electrons. The van der Waals surface area contributed by atoms with E-state index in [4.69, 9.17) is 15.2 Å². The SMILES string of the molecule is CCCCCCCCC(CCCCCCCC)OC(=O)CCCN(CCCN)CCCCCCCCC(=O)OCCCCC. The van der Waals surface area contributed by atoms with Crippen LogP contribution in [0.2, 0.25) is 0 Å². The zero-order chi connectivity index (χ0) is 32.4. The molecule has 2 N–H and O–H groups in total. The Morgan fingerprint density at radius 1 is 0.523 bits per heavy atom. The molecule has 0 rings (SSSR count). The molecule has 0 aliphatic heterocycles. The van der Waals surface area contributed by atoms with Crippen LogP contribution in [-0.2, 0) is 19.1 Å². The first-order valence-corrected chi connectivity index (χ1v) is 19.3. The zero-order valence-electron chi connectivity index (χ0n) is 29.9. The highest BCUT2D eigenvalue weighted by atomic mass is 16.5. The van der Waals surface area contributed by atoms with Gasteiger partial charge in [0.1, 0.15) is 6.10 Å². The molecule has 0 aromatic heterocycles. The Labute approximate surface area is 274 Å². The van der Waals surface area contributed by atoms with E-state index in [1.165, 1.54) is 103 Å². The smallest absolute Gasteiger partial charge is 0.306 e. The van der Waals surface area contributed by atoms with Gasteiger partial charge in [0.15, 0.2) is 0 Å². The Morgan fingerprint density at radius 3 is 1.57 bits per heavy atom. The molecule has 0 aromatic rings. The zero-order valence-corrected chi connectivity index (χ0v) is 29.9. The maximum Gasteiger partial charge on any atom is 0.306 e. The minimum absolute atomic E-state index is 0.00409. The molecule has 0 fully saturated rings. The minimum Gasteiger partial charge on any atom is -0.466 e. The molecule has 0 aromatic carbocycles. The van der Waals surface area contributed by atoms with Crippen LogP contribution >= 0.6 is 0 Å². The van der Waals surface area contributed by atoms with Crippen molar-refractivity contribution < 1.29 is 19.1 Å². The van der Waals surface area contributed by atoms with Crippen LogP contribution in [0, 0.1) is 0 Å². The van der Waals surface area contributed by atoms with Crippen molar-refractivity contribution in [3.05, 3.63) is 0 Å². The summed E-state index contributed by atoms with van der Waals surface area (Å²) in [5, 5.41) is 0. The highest BCUT2D eigenvalue weighted by Gasteiger charge is 2.15. The molecule has 0 bridgehead atoms. The fraction of sp³-hybridized carbons (Fsp3) is 0.947. The number of unbranched alkanes of at least 4 members (excludes halogenated alkanes) is 17. The molecule has 0 spiro atoms. The summed E-state index contributed by atoms with van der Waals surface area (Å²) in [6.45, 7) is 11.0. The van der Waals surface area contributed by atoms with Crippen molar-refractivity contribution >= 4 is 11.9 Å². The van der Waals surface area contributed by atoms with Crippen LogP contribution in [0.4, 0.5) is 0 Å². The molecule has 0 amide bonds. The van der Waals surface area contributed by atoms with E-state index in [1.807, 2.05) is 0 Å². The molecule has 6 heteroatoms. The molecule has 0 radical (unpaired) electrons. The number of hydrogen-bond donors (Lipinski definition) is 1. The van der Waals surface area contributed by atoms with E-state index in [-0.39, 0.29) is 18.0 Å². The molecule has 6 nitrogen and oxygen atoms in total. The van der Waals surface area contributed by atoms with E-state index in [9.17, 15) is 9.59 Å². The first-order chi connectivity index (χ1) is 21.6. The molecule has 44 heavy (non-hydrogen) atoms. The third kappa shape index (κ3) is 30.9. The summed E-state index contributed by atoms with van der Waals surface area (Å²) in [4.78, 5) is 27.1. The van der Waals surface area contributed by atoms with Crippen LogP contribution in [0.3, 0.4) is 0 Å². The van der Waals surface area contributed by atoms with Gasteiger partial charge in [-0.3, -0.25) is 9.59 Å². The van der Waals surface area contributed by atoms with Crippen LogP contribution in [0.1, 0.15) is 194 Å². The van der Waals surface area contributed by atoms with Gasteiger partial charge in [0.05, 0.1) is 6.61 Å². The summed E-state index contributed by atoms with van der Waals surface area (Å²) in [6.07, 6.45) is 30.5. The summed E-state index contributed by atoms with van der Waals surface area (Å²) in [5.74, 6) is -0.0396. The highest BCUT2D eigenvalue weighted by Crippen LogP contribution is 2.18. The van der Waals surface area contributed by atoms with Crippen molar-refractivity contribution in [2.24, 2.45) is 5.73 Å². The molecule has 0 saturated carbocycles. The lowest BCUT2D eigenvalue weighted by Crippen LogP contribution is -2.29. The minimum atomic E-state index is -0.0355. The summed E-state index contributed by atoms with van der Waals surface area (Å²) < 4.78 is 11.3. The van der Waals surface area contributed by atoms with Crippen molar-refractivity contribution in [2.75, 3.05) is 32.8 Å². The Bertz CT molecular complexity index is 600. The van der Waals surface area contributed by atoms with Crippen molar-refractivity contribution in [1.29, 1.82) is 0 Å². The largest absolute Gasteiger partial charge is 0.466 e. The highest BCUT2D eigenvalue weighted by molar-refractivity contribution is 5.69. The van der Waals surface area contributed by atoms with Gasteiger partial charge in [-0.05, 0) is 84.0 Å². The van der Waals surface area contributed by atoms with Crippen LogP contribution in [0.15, 0.2) is 0 Å². The van der Waals surface area contributed by atoms with Crippen molar-refractivity contribution in [1.82, 2.24) is 4.90 Å². The third-order valence-electron chi connectivity index (χ3n) is 8.71. The van der Waals surface area contributed by atoms with E-state index in [0.717, 1.165) is 77.4 Å². The monoisotopic (exact) mass is 625 g/mol. The molecule has 0 atom stereocenters. The van der Waals surface area contributed by atoms with Crippen molar-refractivity contribution in [2.45, 2.75) is 200 Å². The first kappa shape index (κ1) is 42.9. The van der Waals surface area contributed by atoms with E-state index in [1.54, 1.807) is 0 Å². The molecule has 0 saturated heterocycles. The Morgan fingerprint density at radius 2 is 0.977 bits per heavy atom. The van der Waals surface area contributed by atoms with Crippen LogP contribution in [-0.4, -0.2) is 55.7 Å². The standard InChI is InChI=1S/C38H76N2O4/c1-4-7-10-12-16-20-27-36(28-21-17-13-11-8-5-2)44-38(42)30-25-33-40(34-26-31-39)32-23-19-15-14-18-22-29-37(41)43-35-24-9-6-3/h36H,4-35,39H2,1-3H3. The number of esters is 2. The molecule has 0 aliphatic carbocycles. The first-order valence-electron chi connectivity index (χ1n) is 19.3. The predicted molar refractivity (Wildman–Crippen MR) is 188 cm³/mol. The van der Waals surface area contributed by atoms with Crippen LogP contribution in [0.25, 0.3) is 0 Å². The number of nitrogens with two attached hydrogens (primary N) is 1. The van der Waals surface area contributed by atoms with Crippen molar-refractivity contribution in [3.63, 3.8) is 0 Å². The summed E-state index contributed by atoms with van der Waals surface area (Å²) >= 11 is 0. The second-order valence-electron chi connectivity index (χ2n) is 13.1. The fourth-order valence-corrected chi connectivity index (χ4v) is 5.83. The van der Waals surface area contributed by atoms with Crippen LogP contribution < -0.4 is 5.73 Å². The number of carbonyl (C=O) groups excluding carboxylic acids is 2. The number of hydrogen-bond acceptors (Lipinski definition) is 6. The molecular formula is C38H76N2O4. The van der Waals surface area contributed by atoms with Gasteiger partial charge in [0.25, 0.3) is 0 Å². The van der Waals surface area contributed by atoms with Crippen molar-refractivity contribution in [3.8, 4) is 0 Å². The average Bonchev–Trinajstić information content (AvgIpc) is 3.02. The van der Waals surface area contributed by atoms with Crippen LogP contribution in [0.5, 0.6) is 0 Å². The van der Waals surface area contributed by atoms with E-state index in [0.29, 0.717) is 26.0 Å². The lowest BCUT2D eigenvalue weighted by Gasteiger charge is -2.22. The van der Waals surface area contributed by atoms with Gasteiger partial charge >= 0.3 is 11.9 Å². The van der Waals surface area contributed by atoms with Gasteiger partial charge in [-0.2, -0.15) is 0 Å². The second kappa shape index (κ2) is 34.7. The number of carbonyl (C=O) groups is 2. The number of ether oxygens (including phenoxy) is 2. The fourth-order valence-electron chi connectivity index (χ4n) is 5.83. The van der Waals surface area contributed by atoms with E-state index < -0.39 is 0 Å². The summed E-state index contributed by atoms with van der Waals surface area (Å²) in [5.41, 5.74) is 5.81. The second-order valence-corrected chi connectivity index (χ2v) is 13.1. The predicted octanol–water partition coefficient (Wildman–Crippen LogP) is 10.3. The maximum absolute atomic E-state index is 12.8. The quantitative estimate of drug-likeness (QED) is 0.0558.